The first-order chi connectivity index (χ1) is 8.47. The smallest absolute Gasteiger partial charge is 0.138 e. The number of benzene rings is 1. The van der Waals surface area contributed by atoms with Gasteiger partial charge < -0.3 is 5.32 Å². The molecule has 2 rings (SSSR count). The van der Waals surface area contributed by atoms with Crippen LogP contribution in [0.1, 0.15) is 26.3 Å². The second kappa shape index (κ2) is 5.08. The van der Waals surface area contributed by atoms with Crippen LogP contribution in [0.5, 0.6) is 0 Å². The molecular weight excluding hydrogens is 248 g/mol. The van der Waals surface area contributed by atoms with E-state index in [0.717, 1.165) is 16.3 Å². The van der Waals surface area contributed by atoms with Crippen molar-refractivity contribution in [3.63, 3.8) is 0 Å². The molecule has 0 fully saturated rings. The average molecular weight is 265 g/mol. The van der Waals surface area contributed by atoms with Gasteiger partial charge in [-0.15, -0.1) is 0 Å². The van der Waals surface area contributed by atoms with Crippen LogP contribution in [0.15, 0.2) is 30.9 Å². The summed E-state index contributed by atoms with van der Waals surface area (Å²) in [5.74, 6) is 0. The Kier molecular flexibility index (Phi) is 3.68. The lowest BCUT2D eigenvalue weighted by Crippen LogP contribution is -2.35. The second-order valence-corrected chi connectivity index (χ2v) is 5.59. The van der Waals surface area contributed by atoms with Crippen molar-refractivity contribution in [3.05, 3.63) is 41.4 Å². The summed E-state index contributed by atoms with van der Waals surface area (Å²) >= 11 is 6.27. The fourth-order valence-corrected chi connectivity index (χ4v) is 1.86. The van der Waals surface area contributed by atoms with Crippen LogP contribution in [-0.4, -0.2) is 20.3 Å². The zero-order valence-corrected chi connectivity index (χ0v) is 11.6. The fourth-order valence-electron chi connectivity index (χ4n) is 1.62. The maximum atomic E-state index is 6.27. The van der Waals surface area contributed by atoms with Gasteiger partial charge in [-0.3, -0.25) is 0 Å². The van der Waals surface area contributed by atoms with Crippen LogP contribution < -0.4 is 5.32 Å². The van der Waals surface area contributed by atoms with Crippen molar-refractivity contribution in [2.75, 3.05) is 0 Å². The molecule has 1 aromatic heterocycles. The molecule has 0 spiro atoms. The molecule has 0 aliphatic rings. The number of nitrogens with zero attached hydrogens (tertiary/aromatic N) is 3. The summed E-state index contributed by atoms with van der Waals surface area (Å²) in [4.78, 5) is 3.97. The molecule has 1 N–H and O–H groups in total. The van der Waals surface area contributed by atoms with Gasteiger partial charge in [0.15, 0.2) is 0 Å². The van der Waals surface area contributed by atoms with E-state index >= 15 is 0 Å². The van der Waals surface area contributed by atoms with Gasteiger partial charge in [0.2, 0.25) is 0 Å². The average Bonchev–Trinajstić information content (AvgIpc) is 2.79. The molecule has 0 saturated heterocycles. The van der Waals surface area contributed by atoms with Gasteiger partial charge in [-0.2, -0.15) is 5.10 Å². The van der Waals surface area contributed by atoms with Crippen molar-refractivity contribution in [2.45, 2.75) is 32.9 Å². The van der Waals surface area contributed by atoms with E-state index in [2.05, 4.69) is 36.2 Å². The largest absolute Gasteiger partial charge is 0.308 e. The summed E-state index contributed by atoms with van der Waals surface area (Å²) in [5, 5.41) is 8.32. The molecule has 0 unspecified atom stereocenters. The fraction of sp³-hybridized carbons (Fsp3) is 0.385. The Bertz CT molecular complexity index is 514. The van der Waals surface area contributed by atoms with Gasteiger partial charge >= 0.3 is 0 Å². The SMILES string of the molecule is CC(C)(C)NCc1c(Cl)cccc1-n1cncn1. The lowest BCUT2D eigenvalue weighted by atomic mass is 10.1. The summed E-state index contributed by atoms with van der Waals surface area (Å²) in [5.41, 5.74) is 2.02. The predicted molar refractivity (Wildman–Crippen MR) is 73.0 cm³/mol. The van der Waals surface area contributed by atoms with Crippen LogP contribution in [0.3, 0.4) is 0 Å². The van der Waals surface area contributed by atoms with Crippen LogP contribution in [0.4, 0.5) is 0 Å². The molecule has 4 nitrogen and oxygen atoms in total. The third-order valence-electron chi connectivity index (χ3n) is 2.56. The van der Waals surface area contributed by atoms with Crippen LogP contribution in [0.2, 0.25) is 5.02 Å². The van der Waals surface area contributed by atoms with E-state index in [9.17, 15) is 0 Å². The monoisotopic (exact) mass is 264 g/mol. The molecule has 0 radical (unpaired) electrons. The molecule has 1 aromatic carbocycles. The minimum atomic E-state index is 0.0405. The summed E-state index contributed by atoms with van der Waals surface area (Å²) in [6.45, 7) is 7.06. The molecule has 0 amide bonds. The van der Waals surface area contributed by atoms with Crippen molar-refractivity contribution < 1.29 is 0 Å². The van der Waals surface area contributed by atoms with Gasteiger partial charge in [-0.05, 0) is 32.9 Å². The van der Waals surface area contributed by atoms with Crippen molar-refractivity contribution >= 4 is 11.6 Å². The van der Waals surface area contributed by atoms with Gasteiger partial charge in [-0.25, -0.2) is 9.67 Å². The lowest BCUT2D eigenvalue weighted by Gasteiger charge is -2.22. The topological polar surface area (TPSA) is 42.7 Å². The highest BCUT2D eigenvalue weighted by Crippen LogP contribution is 2.23. The molecule has 2 aromatic rings. The highest BCUT2D eigenvalue weighted by molar-refractivity contribution is 6.31. The van der Waals surface area contributed by atoms with E-state index < -0.39 is 0 Å². The predicted octanol–water partition coefficient (Wildman–Crippen LogP) is 2.81. The maximum Gasteiger partial charge on any atom is 0.138 e. The van der Waals surface area contributed by atoms with Gasteiger partial charge in [0, 0.05) is 22.7 Å². The Balaban J connectivity index is 2.33. The third kappa shape index (κ3) is 3.09. The molecule has 5 heteroatoms. The second-order valence-electron chi connectivity index (χ2n) is 5.18. The minimum absolute atomic E-state index is 0.0405. The lowest BCUT2D eigenvalue weighted by molar-refractivity contribution is 0.424. The number of halogens is 1. The van der Waals surface area contributed by atoms with E-state index in [1.807, 2.05) is 18.2 Å². The van der Waals surface area contributed by atoms with Crippen LogP contribution >= 0.6 is 11.6 Å². The number of nitrogens with one attached hydrogen (secondary N) is 1. The highest BCUT2D eigenvalue weighted by atomic mass is 35.5. The normalized spacial score (nSPS) is 11.8. The van der Waals surface area contributed by atoms with Crippen LogP contribution in [0, 0.1) is 0 Å². The van der Waals surface area contributed by atoms with E-state index in [4.69, 9.17) is 11.6 Å². The standard InChI is InChI=1S/C13H17ClN4/c1-13(2,3)16-7-10-11(14)5-4-6-12(10)18-9-15-8-17-18/h4-6,8-9,16H,7H2,1-3H3. The quantitative estimate of drug-likeness (QED) is 0.927. The Labute approximate surface area is 112 Å². The van der Waals surface area contributed by atoms with Crippen LogP contribution in [-0.2, 0) is 6.54 Å². The molecule has 0 aliphatic carbocycles. The van der Waals surface area contributed by atoms with Gasteiger partial charge in [0.05, 0.1) is 5.69 Å². The summed E-state index contributed by atoms with van der Waals surface area (Å²) in [7, 11) is 0. The van der Waals surface area contributed by atoms with Crippen molar-refractivity contribution in [1.82, 2.24) is 20.1 Å². The maximum absolute atomic E-state index is 6.27. The van der Waals surface area contributed by atoms with E-state index in [1.54, 1.807) is 11.0 Å². The number of hydrogen-bond acceptors (Lipinski definition) is 3. The Morgan fingerprint density at radius 3 is 2.72 bits per heavy atom. The number of aromatic nitrogens is 3. The van der Waals surface area contributed by atoms with E-state index in [0.29, 0.717) is 6.54 Å². The first-order valence-electron chi connectivity index (χ1n) is 5.85. The Hall–Kier alpha value is -1.39. The zero-order valence-electron chi connectivity index (χ0n) is 10.8. The first kappa shape index (κ1) is 13.1. The molecule has 0 bridgehead atoms. The number of rotatable bonds is 3. The summed E-state index contributed by atoms with van der Waals surface area (Å²) < 4.78 is 1.73. The molecule has 18 heavy (non-hydrogen) atoms. The van der Waals surface area contributed by atoms with Crippen molar-refractivity contribution in [1.29, 1.82) is 0 Å². The first-order valence-corrected chi connectivity index (χ1v) is 6.22. The van der Waals surface area contributed by atoms with Gasteiger partial charge in [0.1, 0.15) is 12.7 Å². The highest BCUT2D eigenvalue weighted by Gasteiger charge is 2.13. The molecule has 0 saturated carbocycles. The molecule has 0 atom stereocenters. The van der Waals surface area contributed by atoms with Crippen molar-refractivity contribution in [3.8, 4) is 5.69 Å². The third-order valence-corrected chi connectivity index (χ3v) is 2.91. The Morgan fingerprint density at radius 1 is 1.33 bits per heavy atom. The zero-order chi connectivity index (χ0) is 13.2. The van der Waals surface area contributed by atoms with Crippen LogP contribution in [0.25, 0.3) is 5.69 Å². The number of hydrogen-bond donors (Lipinski definition) is 1. The molecule has 0 aliphatic heterocycles. The molecular formula is C13H17ClN4. The summed E-state index contributed by atoms with van der Waals surface area (Å²) in [6.07, 6.45) is 3.19. The van der Waals surface area contributed by atoms with Crippen molar-refractivity contribution in [2.24, 2.45) is 0 Å². The Morgan fingerprint density at radius 2 is 2.11 bits per heavy atom. The van der Waals surface area contributed by atoms with Gasteiger partial charge in [-0.1, -0.05) is 17.7 Å². The van der Waals surface area contributed by atoms with E-state index in [1.165, 1.54) is 6.33 Å². The minimum Gasteiger partial charge on any atom is -0.308 e. The van der Waals surface area contributed by atoms with E-state index in [-0.39, 0.29) is 5.54 Å². The summed E-state index contributed by atoms with van der Waals surface area (Å²) in [6, 6.07) is 5.79. The van der Waals surface area contributed by atoms with Gasteiger partial charge in [0.25, 0.3) is 0 Å². The molecule has 96 valence electrons. The molecule has 1 heterocycles.